The van der Waals surface area contributed by atoms with Gasteiger partial charge in [0.25, 0.3) is 0 Å². The normalized spacial score (nSPS) is 16.1. The number of aliphatic hydroxyl groups excluding tert-OH is 1. The van der Waals surface area contributed by atoms with E-state index in [1.165, 1.54) is 0 Å². The van der Waals surface area contributed by atoms with Gasteiger partial charge < -0.3 is 9.84 Å². The second-order valence-corrected chi connectivity index (χ2v) is 5.36. The maximum absolute atomic E-state index is 12.1. The van der Waals surface area contributed by atoms with Crippen LogP contribution in [0, 0.1) is 11.8 Å². The third kappa shape index (κ3) is 4.77. The second kappa shape index (κ2) is 7.41. The van der Waals surface area contributed by atoms with E-state index < -0.39 is 18.1 Å². The molecule has 0 aromatic heterocycles. The topological polar surface area (TPSA) is 46.5 Å². The number of hydrogen-bond donors (Lipinski definition) is 1. The van der Waals surface area contributed by atoms with Crippen LogP contribution in [0.1, 0.15) is 33.3 Å². The molecule has 0 saturated carbocycles. The first kappa shape index (κ1) is 15.9. The third-order valence-electron chi connectivity index (χ3n) is 3.39. The highest BCUT2D eigenvalue weighted by Crippen LogP contribution is 2.16. The summed E-state index contributed by atoms with van der Waals surface area (Å²) < 4.78 is 5.58. The number of ketones is 1. The minimum Gasteiger partial charge on any atom is -0.392 e. The highest BCUT2D eigenvalue weighted by molar-refractivity contribution is 5.85. The predicted molar refractivity (Wildman–Crippen MR) is 75.7 cm³/mol. The minimum absolute atomic E-state index is 0.0443. The van der Waals surface area contributed by atoms with Crippen molar-refractivity contribution in [2.75, 3.05) is 0 Å². The van der Waals surface area contributed by atoms with Crippen molar-refractivity contribution >= 4 is 5.78 Å². The van der Waals surface area contributed by atoms with Gasteiger partial charge in [-0.2, -0.15) is 0 Å². The van der Waals surface area contributed by atoms with Crippen molar-refractivity contribution in [3.8, 4) is 0 Å². The lowest BCUT2D eigenvalue weighted by Crippen LogP contribution is -2.36. The largest absolute Gasteiger partial charge is 0.392 e. The van der Waals surface area contributed by atoms with Gasteiger partial charge in [0.1, 0.15) is 6.10 Å². The van der Waals surface area contributed by atoms with Crippen LogP contribution in [0.15, 0.2) is 30.3 Å². The van der Waals surface area contributed by atoms with Crippen LogP contribution in [0.5, 0.6) is 0 Å². The number of ether oxygens (including phenoxy) is 1. The van der Waals surface area contributed by atoms with Gasteiger partial charge in [-0.3, -0.25) is 4.79 Å². The van der Waals surface area contributed by atoms with Gasteiger partial charge in [0.15, 0.2) is 5.78 Å². The summed E-state index contributed by atoms with van der Waals surface area (Å²) in [5.74, 6) is -0.372. The molecule has 1 N–H and O–H groups in total. The number of rotatable bonds is 7. The van der Waals surface area contributed by atoms with Gasteiger partial charge in [-0.1, -0.05) is 51.1 Å². The Morgan fingerprint density at radius 1 is 1.16 bits per heavy atom. The Labute approximate surface area is 115 Å². The molecular formula is C16H24O3. The Bertz CT molecular complexity index is 386. The first-order chi connectivity index (χ1) is 8.93. The summed E-state index contributed by atoms with van der Waals surface area (Å²) in [6.45, 7) is 7.73. The van der Waals surface area contributed by atoms with E-state index in [-0.39, 0.29) is 11.7 Å². The smallest absolute Gasteiger partial charge is 0.166 e. The van der Waals surface area contributed by atoms with Crippen molar-refractivity contribution in [1.29, 1.82) is 0 Å². The Kier molecular flexibility index (Phi) is 6.19. The van der Waals surface area contributed by atoms with Crippen LogP contribution in [0.25, 0.3) is 0 Å². The van der Waals surface area contributed by atoms with Crippen molar-refractivity contribution < 1.29 is 14.6 Å². The minimum atomic E-state index is -0.615. The van der Waals surface area contributed by atoms with Crippen LogP contribution in [0.2, 0.25) is 0 Å². The van der Waals surface area contributed by atoms with Crippen molar-refractivity contribution in [3.63, 3.8) is 0 Å². The molecule has 1 aromatic rings. The van der Waals surface area contributed by atoms with Crippen molar-refractivity contribution in [2.45, 2.75) is 46.5 Å². The van der Waals surface area contributed by atoms with Gasteiger partial charge in [0, 0.05) is 5.92 Å². The molecule has 0 spiro atoms. The summed E-state index contributed by atoms with van der Waals surface area (Å²) >= 11 is 0. The summed E-state index contributed by atoms with van der Waals surface area (Å²) in [6.07, 6.45) is -1.11. The summed E-state index contributed by atoms with van der Waals surface area (Å²) in [6, 6.07) is 9.75. The average Bonchev–Trinajstić information content (AvgIpc) is 2.43. The fourth-order valence-corrected chi connectivity index (χ4v) is 1.99. The molecule has 0 heterocycles. The highest BCUT2D eigenvalue weighted by Gasteiger charge is 2.28. The number of benzene rings is 1. The molecule has 0 aliphatic carbocycles. The van der Waals surface area contributed by atoms with Crippen LogP contribution in [0.4, 0.5) is 0 Å². The number of aliphatic hydroxyl groups is 1. The second-order valence-electron chi connectivity index (χ2n) is 5.36. The van der Waals surface area contributed by atoms with Crippen LogP contribution in [-0.4, -0.2) is 23.1 Å². The Hall–Kier alpha value is -1.19. The van der Waals surface area contributed by atoms with Gasteiger partial charge in [-0.15, -0.1) is 0 Å². The van der Waals surface area contributed by atoms with Gasteiger partial charge in [-0.05, 0) is 18.4 Å². The van der Waals surface area contributed by atoms with Crippen LogP contribution < -0.4 is 0 Å². The SMILES string of the molecule is CC(C)[C@H](O)[C@@H](C)C(=O)[C@H](C)OCc1ccccc1. The zero-order chi connectivity index (χ0) is 14.4. The average molecular weight is 264 g/mol. The lowest BCUT2D eigenvalue weighted by molar-refractivity contribution is -0.138. The number of carbonyl (C=O) groups excluding carboxylic acids is 1. The molecule has 0 bridgehead atoms. The molecule has 106 valence electrons. The van der Waals surface area contributed by atoms with Crippen molar-refractivity contribution in [2.24, 2.45) is 11.8 Å². The van der Waals surface area contributed by atoms with E-state index in [4.69, 9.17) is 4.74 Å². The standard InChI is InChI=1S/C16H24O3/c1-11(2)15(17)12(3)16(18)13(4)19-10-14-8-6-5-7-9-14/h5-9,11-13,15,17H,10H2,1-4H3/t12-,13+,15+/m1/s1. The molecule has 19 heavy (non-hydrogen) atoms. The summed E-state index contributed by atoms with van der Waals surface area (Å²) in [5.41, 5.74) is 1.04. The molecular weight excluding hydrogens is 240 g/mol. The first-order valence-corrected chi connectivity index (χ1v) is 6.80. The molecule has 0 radical (unpaired) electrons. The quantitative estimate of drug-likeness (QED) is 0.823. The van der Waals surface area contributed by atoms with E-state index in [2.05, 4.69) is 0 Å². The van der Waals surface area contributed by atoms with Crippen LogP contribution in [-0.2, 0) is 16.1 Å². The molecule has 0 saturated heterocycles. The number of hydrogen-bond acceptors (Lipinski definition) is 3. The van der Waals surface area contributed by atoms with Crippen molar-refractivity contribution in [3.05, 3.63) is 35.9 Å². The fraction of sp³-hybridized carbons (Fsp3) is 0.562. The van der Waals surface area contributed by atoms with Gasteiger partial charge in [0.05, 0.1) is 12.7 Å². The van der Waals surface area contributed by atoms with Gasteiger partial charge in [0.2, 0.25) is 0 Å². The lowest BCUT2D eigenvalue weighted by atomic mass is 9.89. The van der Waals surface area contributed by atoms with E-state index >= 15 is 0 Å². The molecule has 0 unspecified atom stereocenters. The third-order valence-corrected chi connectivity index (χ3v) is 3.39. The monoisotopic (exact) mass is 264 g/mol. The highest BCUT2D eigenvalue weighted by atomic mass is 16.5. The molecule has 0 aliphatic rings. The van der Waals surface area contributed by atoms with E-state index in [9.17, 15) is 9.90 Å². The molecule has 0 aliphatic heterocycles. The fourth-order valence-electron chi connectivity index (χ4n) is 1.99. The Balaban J connectivity index is 2.49. The van der Waals surface area contributed by atoms with Crippen LogP contribution >= 0.6 is 0 Å². The molecule has 1 aromatic carbocycles. The molecule has 3 atom stereocenters. The van der Waals surface area contributed by atoms with Gasteiger partial charge in [-0.25, -0.2) is 0 Å². The zero-order valence-corrected chi connectivity index (χ0v) is 12.2. The predicted octanol–water partition coefficient (Wildman–Crippen LogP) is 2.81. The maximum Gasteiger partial charge on any atom is 0.166 e. The maximum atomic E-state index is 12.1. The van der Waals surface area contributed by atoms with Gasteiger partial charge >= 0.3 is 0 Å². The number of carbonyl (C=O) groups is 1. The molecule has 0 amide bonds. The van der Waals surface area contributed by atoms with E-state index in [1.807, 2.05) is 44.2 Å². The van der Waals surface area contributed by atoms with Crippen molar-refractivity contribution in [1.82, 2.24) is 0 Å². The Morgan fingerprint density at radius 3 is 2.26 bits per heavy atom. The molecule has 0 fully saturated rings. The van der Waals surface area contributed by atoms with E-state index in [1.54, 1.807) is 13.8 Å². The summed E-state index contributed by atoms with van der Waals surface area (Å²) in [5, 5.41) is 9.92. The first-order valence-electron chi connectivity index (χ1n) is 6.80. The number of Topliss-reactive ketones (excluding diaryl/α,β-unsaturated/α-hetero) is 1. The zero-order valence-electron chi connectivity index (χ0n) is 12.2. The van der Waals surface area contributed by atoms with E-state index in [0.29, 0.717) is 6.61 Å². The van der Waals surface area contributed by atoms with E-state index in [0.717, 1.165) is 5.56 Å². The molecule has 3 heteroatoms. The van der Waals surface area contributed by atoms with Crippen LogP contribution in [0.3, 0.4) is 0 Å². The molecule has 1 rings (SSSR count). The summed E-state index contributed by atoms with van der Waals surface area (Å²) in [7, 11) is 0. The lowest BCUT2D eigenvalue weighted by Gasteiger charge is -2.23. The molecule has 3 nitrogen and oxygen atoms in total. The summed E-state index contributed by atoms with van der Waals surface area (Å²) in [4.78, 5) is 12.1. The Morgan fingerprint density at radius 2 is 1.74 bits per heavy atom.